The lowest BCUT2D eigenvalue weighted by Crippen LogP contribution is -2.70. The molecule has 4 amide bonds. The van der Waals surface area contributed by atoms with Gasteiger partial charge in [-0.2, -0.15) is 0 Å². The van der Waals surface area contributed by atoms with Crippen LogP contribution in [0.4, 0.5) is 10.5 Å². The Morgan fingerprint density at radius 1 is 1.00 bits per heavy atom. The molecule has 0 radical (unpaired) electrons. The minimum absolute atomic E-state index is 0.162. The van der Waals surface area contributed by atoms with E-state index in [1.807, 2.05) is 48.5 Å². The number of carbonyl (C=O) groups excluding carboxylic acids is 3. The molecule has 3 aliphatic heterocycles. The maximum absolute atomic E-state index is 13.7. The number of anilines is 1. The molecule has 2 atom stereocenters. The number of nitrogens with one attached hydrogen (secondary N) is 1. The van der Waals surface area contributed by atoms with Crippen molar-refractivity contribution in [2.45, 2.75) is 31.8 Å². The summed E-state index contributed by atoms with van der Waals surface area (Å²) >= 11 is 0. The van der Waals surface area contributed by atoms with Crippen molar-refractivity contribution in [1.82, 2.24) is 10.2 Å². The van der Waals surface area contributed by atoms with Crippen LogP contribution in [0.3, 0.4) is 0 Å². The summed E-state index contributed by atoms with van der Waals surface area (Å²) < 4.78 is 0. The lowest BCUT2D eigenvalue weighted by atomic mass is 9.68. The van der Waals surface area contributed by atoms with Gasteiger partial charge >= 0.3 is 6.03 Å². The minimum atomic E-state index is -1.26. The smallest absolute Gasteiger partial charge is 0.331 e. The first kappa shape index (κ1) is 17.0. The van der Waals surface area contributed by atoms with Crippen LogP contribution in [-0.4, -0.2) is 35.3 Å². The number of nitrogens with zero attached hydrogens (tertiary/aromatic N) is 2. The standard InChI is InChI=1S/C22H21N3O3/c26-19-22(13-16-9-4-5-10-17(16)24-12-6-11-18(22)24)20(27)25(21(28)23-19)14-15-7-2-1-3-8-15/h1-5,7-10,18H,6,11-14H2,(H,23,26,28)/t18-,22+/m1/s1. The van der Waals surface area contributed by atoms with Gasteiger partial charge in [0.15, 0.2) is 5.41 Å². The number of amides is 4. The van der Waals surface area contributed by atoms with Gasteiger partial charge in [-0.3, -0.25) is 19.8 Å². The molecular formula is C22H21N3O3. The van der Waals surface area contributed by atoms with Gasteiger partial charge in [-0.05, 0) is 36.5 Å². The molecule has 28 heavy (non-hydrogen) atoms. The molecule has 0 aromatic heterocycles. The number of barbiturate groups is 1. The van der Waals surface area contributed by atoms with Crippen molar-refractivity contribution in [3.05, 3.63) is 65.7 Å². The molecule has 0 saturated carbocycles. The van der Waals surface area contributed by atoms with Gasteiger partial charge in [-0.25, -0.2) is 4.79 Å². The van der Waals surface area contributed by atoms with Gasteiger partial charge in [-0.15, -0.1) is 0 Å². The first-order chi connectivity index (χ1) is 13.6. The molecule has 5 rings (SSSR count). The second-order valence-electron chi connectivity index (χ2n) is 7.76. The number of hydrogen-bond acceptors (Lipinski definition) is 4. The van der Waals surface area contributed by atoms with Crippen molar-refractivity contribution in [3.63, 3.8) is 0 Å². The number of hydrogen-bond donors (Lipinski definition) is 1. The largest absolute Gasteiger partial charge is 0.367 e. The van der Waals surface area contributed by atoms with Crippen LogP contribution in [0.15, 0.2) is 54.6 Å². The van der Waals surface area contributed by atoms with E-state index in [9.17, 15) is 14.4 Å². The summed E-state index contributed by atoms with van der Waals surface area (Å²) in [6.45, 7) is 0.978. The Labute approximate surface area is 163 Å². The van der Waals surface area contributed by atoms with Crippen LogP contribution in [0.2, 0.25) is 0 Å². The van der Waals surface area contributed by atoms with Crippen LogP contribution >= 0.6 is 0 Å². The van der Waals surface area contributed by atoms with Crippen LogP contribution in [0.25, 0.3) is 0 Å². The third-order valence-electron chi connectivity index (χ3n) is 6.27. The van der Waals surface area contributed by atoms with Crippen LogP contribution in [0.5, 0.6) is 0 Å². The van der Waals surface area contributed by atoms with Crippen molar-refractivity contribution in [2.75, 3.05) is 11.4 Å². The van der Waals surface area contributed by atoms with Crippen LogP contribution < -0.4 is 10.2 Å². The average Bonchev–Trinajstić information content (AvgIpc) is 3.21. The zero-order valence-corrected chi connectivity index (χ0v) is 15.4. The molecule has 0 aliphatic carbocycles. The van der Waals surface area contributed by atoms with Crippen molar-refractivity contribution in [1.29, 1.82) is 0 Å². The highest BCUT2D eigenvalue weighted by Crippen LogP contribution is 2.48. The molecule has 3 aliphatic rings. The van der Waals surface area contributed by atoms with Gasteiger partial charge in [0.25, 0.3) is 0 Å². The highest BCUT2D eigenvalue weighted by atomic mass is 16.2. The summed E-state index contributed by atoms with van der Waals surface area (Å²) in [7, 11) is 0. The van der Waals surface area contributed by atoms with E-state index in [0.717, 1.165) is 36.2 Å². The number of urea groups is 1. The van der Waals surface area contributed by atoms with E-state index in [-0.39, 0.29) is 18.5 Å². The molecule has 6 nitrogen and oxygen atoms in total. The van der Waals surface area contributed by atoms with Gasteiger partial charge in [0.05, 0.1) is 12.6 Å². The van der Waals surface area contributed by atoms with Gasteiger partial charge in [-0.1, -0.05) is 48.5 Å². The van der Waals surface area contributed by atoms with Crippen molar-refractivity contribution in [2.24, 2.45) is 5.41 Å². The van der Waals surface area contributed by atoms with E-state index in [1.54, 1.807) is 0 Å². The van der Waals surface area contributed by atoms with Crippen LogP contribution in [-0.2, 0) is 22.6 Å². The fraction of sp³-hybridized carbons (Fsp3) is 0.318. The predicted molar refractivity (Wildman–Crippen MR) is 103 cm³/mol. The molecule has 2 aromatic carbocycles. The minimum Gasteiger partial charge on any atom is -0.367 e. The van der Waals surface area contributed by atoms with E-state index >= 15 is 0 Å². The topological polar surface area (TPSA) is 69.7 Å². The monoisotopic (exact) mass is 375 g/mol. The fourth-order valence-corrected chi connectivity index (χ4v) is 4.99. The summed E-state index contributed by atoms with van der Waals surface area (Å²) in [6, 6.07) is 16.5. The van der Waals surface area contributed by atoms with E-state index in [2.05, 4.69) is 16.3 Å². The van der Waals surface area contributed by atoms with E-state index in [0.29, 0.717) is 6.42 Å². The van der Waals surface area contributed by atoms with E-state index in [4.69, 9.17) is 0 Å². The highest BCUT2D eigenvalue weighted by Gasteiger charge is 2.62. The van der Waals surface area contributed by atoms with Gasteiger partial charge < -0.3 is 4.90 Å². The summed E-state index contributed by atoms with van der Waals surface area (Å²) in [5, 5.41) is 2.48. The molecule has 0 bridgehead atoms. The zero-order chi connectivity index (χ0) is 19.3. The quantitative estimate of drug-likeness (QED) is 0.819. The fourth-order valence-electron chi connectivity index (χ4n) is 4.99. The summed E-state index contributed by atoms with van der Waals surface area (Å²) in [6.07, 6.45) is 2.02. The van der Waals surface area contributed by atoms with Gasteiger partial charge in [0.2, 0.25) is 11.8 Å². The maximum atomic E-state index is 13.7. The highest BCUT2D eigenvalue weighted by molar-refractivity contribution is 6.20. The molecule has 1 N–H and O–H groups in total. The third kappa shape index (κ3) is 2.30. The number of carbonyl (C=O) groups is 3. The van der Waals surface area contributed by atoms with Gasteiger partial charge in [0.1, 0.15) is 0 Å². The number of benzene rings is 2. The predicted octanol–water partition coefficient (Wildman–Crippen LogP) is 2.48. The van der Waals surface area contributed by atoms with Crippen LogP contribution in [0, 0.1) is 5.41 Å². The Morgan fingerprint density at radius 2 is 1.75 bits per heavy atom. The number of fused-ring (bicyclic) bond motifs is 4. The Bertz CT molecular complexity index is 974. The molecule has 2 saturated heterocycles. The molecule has 3 heterocycles. The van der Waals surface area contributed by atoms with Gasteiger partial charge in [0, 0.05) is 12.2 Å². The molecule has 2 fully saturated rings. The second kappa shape index (κ2) is 6.19. The van der Waals surface area contributed by atoms with Crippen molar-refractivity contribution < 1.29 is 14.4 Å². The Hall–Kier alpha value is -3.15. The molecule has 2 aromatic rings. The summed E-state index contributed by atoms with van der Waals surface area (Å²) in [5.74, 6) is -0.838. The zero-order valence-electron chi connectivity index (χ0n) is 15.4. The number of para-hydroxylation sites is 1. The Kier molecular flexibility index (Phi) is 3.75. The Balaban J connectivity index is 1.58. The molecule has 1 spiro atoms. The number of imide groups is 2. The maximum Gasteiger partial charge on any atom is 0.331 e. The lowest BCUT2D eigenvalue weighted by Gasteiger charge is -2.49. The molecule has 0 unspecified atom stereocenters. The SMILES string of the molecule is O=C1NC(=O)[C@@]2(Cc3ccccc3N3CCC[C@@H]32)C(=O)N1Cc1ccccc1. The van der Waals surface area contributed by atoms with E-state index in [1.165, 1.54) is 4.90 Å². The van der Waals surface area contributed by atoms with Crippen molar-refractivity contribution in [3.8, 4) is 0 Å². The lowest BCUT2D eigenvalue weighted by molar-refractivity contribution is -0.153. The Morgan fingerprint density at radius 3 is 2.57 bits per heavy atom. The summed E-state index contributed by atoms with van der Waals surface area (Å²) in [5.41, 5.74) is 1.68. The summed E-state index contributed by atoms with van der Waals surface area (Å²) in [4.78, 5) is 42.8. The number of rotatable bonds is 2. The third-order valence-corrected chi connectivity index (χ3v) is 6.27. The average molecular weight is 375 g/mol. The van der Waals surface area contributed by atoms with Crippen molar-refractivity contribution >= 4 is 23.5 Å². The normalized spacial score (nSPS) is 26.3. The molecule has 142 valence electrons. The van der Waals surface area contributed by atoms with E-state index < -0.39 is 17.4 Å². The molecule has 6 heteroatoms. The first-order valence-corrected chi connectivity index (χ1v) is 9.67. The van der Waals surface area contributed by atoms with Crippen LogP contribution in [0.1, 0.15) is 24.0 Å². The molecular weight excluding hydrogens is 354 g/mol. The first-order valence-electron chi connectivity index (χ1n) is 9.67. The second-order valence-corrected chi connectivity index (χ2v) is 7.76.